The van der Waals surface area contributed by atoms with Crippen molar-refractivity contribution in [3.63, 3.8) is 0 Å². The average molecular weight is 234 g/mol. The summed E-state index contributed by atoms with van der Waals surface area (Å²) in [4.78, 5) is 2.42. The number of furan rings is 1. The highest BCUT2D eigenvalue weighted by molar-refractivity contribution is 5.12. The molecule has 0 bridgehead atoms. The molecule has 0 spiro atoms. The molecular formula is C14H22N2O. The Bertz CT molecular complexity index is 370. The minimum Gasteiger partial charge on any atom is -0.468 e. The van der Waals surface area contributed by atoms with Crippen molar-refractivity contribution in [1.82, 2.24) is 4.90 Å². The van der Waals surface area contributed by atoms with E-state index in [1.165, 1.54) is 5.57 Å². The third-order valence-corrected chi connectivity index (χ3v) is 3.57. The molecule has 2 heterocycles. The van der Waals surface area contributed by atoms with E-state index in [2.05, 4.69) is 24.8 Å². The van der Waals surface area contributed by atoms with E-state index in [9.17, 15) is 0 Å². The second kappa shape index (κ2) is 5.52. The van der Waals surface area contributed by atoms with Crippen LogP contribution in [0.4, 0.5) is 0 Å². The van der Waals surface area contributed by atoms with Gasteiger partial charge in [0.05, 0.1) is 12.3 Å². The molecule has 0 aliphatic carbocycles. The van der Waals surface area contributed by atoms with E-state index in [0.717, 1.165) is 31.7 Å². The van der Waals surface area contributed by atoms with Crippen LogP contribution < -0.4 is 5.73 Å². The molecule has 2 N–H and O–H groups in total. The summed E-state index contributed by atoms with van der Waals surface area (Å²) in [5.41, 5.74) is 7.73. The molecule has 0 saturated carbocycles. The van der Waals surface area contributed by atoms with Crippen molar-refractivity contribution >= 4 is 0 Å². The zero-order valence-corrected chi connectivity index (χ0v) is 10.7. The summed E-state index contributed by atoms with van der Waals surface area (Å²) in [6.45, 7) is 6.37. The number of hydrogen-bond acceptors (Lipinski definition) is 3. The van der Waals surface area contributed by atoms with Crippen molar-refractivity contribution in [3.05, 3.63) is 35.8 Å². The molecule has 1 aliphatic heterocycles. The van der Waals surface area contributed by atoms with Gasteiger partial charge in [-0.3, -0.25) is 4.90 Å². The third kappa shape index (κ3) is 2.79. The first-order valence-electron chi connectivity index (χ1n) is 6.41. The predicted octanol–water partition coefficient (Wildman–Crippen LogP) is 2.71. The van der Waals surface area contributed by atoms with Crippen LogP contribution in [0.1, 0.15) is 38.5 Å². The standard InChI is InChI=1S/C14H22N2O/c1-3-12(15)14(13-5-4-10-17-13)16-8-6-11(2)7-9-16/h4-6,10,12,14H,3,7-9,15H2,1-2H3. The molecule has 0 radical (unpaired) electrons. The number of rotatable bonds is 4. The van der Waals surface area contributed by atoms with E-state index in [1.807, 2.05) is 12.1 Å². The van der Waals surface area contributed by atoms with E-state index in [0.29, 0.717) is 0 Å². The van der Waals surface area contributed by atoms with Gasteiger partial charge in [0.15, 0.2) is 0 Å². The molecule has 3 nitrogen and oxygen atoms in total. The van der Waals surface area contributed by atoms with Gasteiger partial charge in [0.1, 0.15) is 5.76 Å². The molecule has 1 aliphatic rings. The maximum absolute atomic E-state index is 6.25. The average Bonchev–Trinajstić information content (AvgIpc) is 2.85. The van der Waals surface area contributed by atoms with Crippen LogP contribution in [0.2, 0.25) is 0 Å². The van der Waals surface area contributed by atoms with Crippen molar-refractivity contribution in [1.29, 1.82) is 0 Å². The second-order valence-corrected chi connectivity index (χ2v) is 4.83. The lowest BCUT2D eigenvalue weighted by molar-refractivity contribution is 0.159. The largest absolute Gasteiger partial charge is 0.468 e. The molecular weight excluding hydrogens is 212 g/mol. The maximum atomic E-state index is 6.25. The Morgan fingerprint density at radius 3 is 2.88 bits per heavy atom. The molecule has 2 unspecified atom stereocenters. The first-order valence-corrected chi connectivity index (χ1v) is 6.41. The van der Waals surface area contributed by atoms with Gasteiger partial charge in [0.2, 0.25) is 0 Å². The van der Waals surface area contributed by atoms with Crippen LogP contribution in [0.15, 0.2) is 34.5 Å². The van der Waals surface area contributed by atoms with Gasteiger partial charge in [-0.05, 0) is 31.9 Å². The Balaban J connectivity index is 2.17. The molecule has 1 aromatic rings. The van der Waals surface area contributed by atoms with Crippen molar-refractivity contribution in [2.45, 2.75) is 38.8 Å². The summed E-state index contributed by atoms with van der Waals surface area (Å²) < 4.78 is 5.56. The zero-order chi connectivity index (χ0) is 12.3. The predicted molar refractivity (Wildman–Crippen MR) is 69.7 cm³/mol. The van der Waals surface area contributed by atoms with Gasteiger partial charge in [0.25, 0.3) is 0 Å². The van der Waals surface area contributed by atoms with Crippen LogP contribution in [0.5, 0.6) is 0 Å². The summed E-state index contributed by atoms with van der Waals surface area (Å²) in [5.74, 6) is 0.993. The van der Waals surface area contributed by atoms with Gasteiger partial charge in [-0.2, -0.15) is 0 Å². The van der Waals surface area contributed by atoms with Crippen LogP contribution in [-0.2, 0) is 0 Å². The molecule has 1 aromatic heterocycles. The van der Waals surface area contributed by atoms with Crippen molar-refractivity contribution < 1.29 is 4.42 Å². The molecule has 0 saturated heterocycles. The molecule has 3 heteroatoms. The molecule has 17 heavy (non-hydrogen) atoms. The van der Waals surface area contributed by atoms with Crippen LogP contribution in [0, 0.1) is 0 Å². The monoisotopic (exact) mass is 234 g/mol. The van der Waals surface area contributed by atoms with E-state index in [-0.39, 0.29) is 12.1 Å². The summed E-state index contributed by atoms with van der Waals surface area (Å²) in [5, 5.41) is 0. The highest BCUT2D eigenvalue weighted by atomic mass is 16.3. The van der Waals surface area contributed by atoms with Gasteiger partial charge in [0, 0.05) is 19.1 Å². The smallest absolute Gasteiger partial charge is 0.122 e. The highest BCUT2D eigenvalue weighted by Gasteiger charge is 2.28. The zero-order valence-electron chi connectivity index (χ0n) is 10.7. The minimum absolute atomic E-state index is 0.132. The van der Waals surface area contributed by atoms with Gasteiger partial charge in [-0.15, -0.1) is 0 Å². The summed E-state index contributed by atoms with van der Waals surface area (Å²) >= 11 is 0. The highest BCUT2D eigenvalue weighted by Crippen LogP contribution is 2.28. The Labute approximate surface area is 103 Å². The van der Waals surface area contributed by atoms with Crippen molar-refractivity contribution in [3.8, 4) is 0 Å². The maximum Gasteiger partial charge on any atom is 0.122 e. The lowest BCUT2D eigenvalue weighted by atomic mass is 9.99. The summed E-state index contributed by atoms with van der Waals surface area (Å²) in [7, 11) is 0. The second-order valence-electron chi connectivity index (χ2n) is 4.83. The molecule has 0 amide bonds. The van der Waals surface area contributed by atoms with Crippen LogP contribution >= 0.6 is 0 Å². The normalized spacial score (nSPS) is 21.0. The van der Waals surface area contributed by atoms with Crippen molar-refractivity contribution in [2.24, 2.45) is 5.73 Å². The summed E-state index contributed by atoms with van der Waals surface area (Å²) in [6.07, 6.45) is 6.12. The Kier molecular flexibility index (Phi) is 4.02. The third-order valence-electron chi connectivity index (χ3n) is 3.57. The van der Waals surface area contributed by atoms with Crippen LogP contribution in [-0.4, -0.2) is 24.0 Å². The number of nitrogens with two attached hydrogens (primary N) is 1. The fourth-order valence-electron chi connectivity index (χ4n) is 2.38. The van der Waals surface area contributed by atoms with Crippen LogP contribution in [0.3, 0.4) is 0 Å². The van der Waals surface area contributed by atoms with E-state index in [4.69, 9.17) is 10.2 Å². The van der Waals surface area contributed by atoms with Gasteiger partial charge >= 0.3 is 0 Å². The van der Waals surface area contributed by atoms with E-state index < -0.39 is 0 Å². The molecule has 2 rings (SSSR count). The minimum atomic E-state index is 0.132. The van der Waals surface area contributed by atoms with E-state index in [1.54, 1.807) is 6.26 Å². The van der Waals surface area contributed by atoms with Gasteiger partial charge in [-0.25, -0.2) is 0 Å². The van der Waals surface area contributed by atoms with Gasteiger partial charge < -0.3 is 10.2 Å². The fourth-order valence-corrected chi connectivity index (χ4v) is 2.38. The lowest BCUT2D eigenvalue weighted by Gasteiger charge is -2.35. The first kappa shape index (κ1) is 12.4. The van der Waals surface area contributed by atoms with Crippen molar-refractivity contribution in [2.75, 3.05) is 13.1 Å². The summed E-state index contributed by atoms with van der Waals surface area (Å²) in [6, 6.07) is 4.31. The number of nitrogens with zero attached hydrogens (tertiary/aromatic N) is 1. The SMILES string of the molecule is CCC(N)C(c1ccco1)N1CC=C(C)CC1. The lowest BCUT2D eigenvalue weighted by Crippen LogP contribution is -2.42. The number of hydrogen-bond donors (Lipinski definition) is 1. The molecule has 94 valence electrons. The van der Waals surface area contributed by atoms with Gasteiger partial charge in [-0.1, -0.05) is 18.6 Å². The molecule has 0 fully saturated rings. The molecule has 2 atom stereocenters. The Morgan fingerprint density at radius 2 is 2.35 bits per heavy atom. The topological polar surface area (TPSA) is 42.4 Å². The Morgan fingerprint density at radius 1 is 1.53 bits per heavy atom. The van der Waals surface area contributed by atoms with E-state index >= 15 is 0 Å². The fraction of sp³-hybridized carbons (Fsp3) is 0.571. The first-order chi connectivity index (χ1) is 8.22. The molecule has 0 aromatic carbocycles. The van der Waals surface area contributed by atoms with Crippen LogP contribution in [0.25, 0.3) is 0 Å². The quantitative estimate of drug-likeness (QED) is 0.814. The Hall–Kier alpha value is -1.06.